The molecule has 0 fully saturated rings. The predicted molar refractivity (Wildman–Crippen MR) is 124 cm³/mol. The standard InChI is InChI=1S/C24H28ClN3O4/c1-24(2,15-25)21(32-23(29)27-17-30-3)22(28-14-13-26-16-28)31-20-11-9-19(10-12-20)18-7-5-4-6-8-18/h4-14,16,21-22H,15,17H2,1-3H3,(H,27,29). The molecule has 1 aromatic heterocycles. The van der Waals surface area contributed by atoms with Crippen molar-refractivity contribution in [1.29, 1.82) is 0 Å². The minimum absolute atomic E-state index is 0.0321. The van der Waals surface area contributed by atoms with Crippen LogP contribution in [0.1, 0.15) is 20.1 Å². The average molecular weight is 458 g/mol. The van der Waals surface area contributed by atoms with Crippen LogP contribution in [0.2, 0.25) is 0 Å². The van der Waals surface area contributed by atoms with E-state index in [0.717, 1.165) is 11.1 Å². The molecule has 0 aliphatic rings. The fourth-order valence-electron chi connectivity index (χ4n) is 3.16. The highest BCUT2D eigenvalue weighted by Gasteiger charge is 2.41. The number of hydrogen-bond acceptors (Lipinski definition) is 5. The zero-order valence-corrected chi connectivity index (χ0v) is 19.2. The van der Waals surface area contributed by atoms with Crippen molar-refractivity contribution in [1.82, 2.24) is 14.9 Å². The smallest absolute Gasteiger partial charge is 0.409 e. The van der Waals surface area contributed by atoms with Crippen LogP contribution in [0.3, 0.4) is 0 Å². The molecule has 170 valence electrons. The summed E-state index contributed by atoms with van der Waals surface area (Å²) in [6.07, 6.45) is 2.99. The number of alkyl carbamates (subject to hydrolysis) is 1. The molecule has 0 aliphatic heterocycles. The summed E-state index contributed by atoms with van der Waals surface area (Å²) in [6, 6.07) is 17.8. The minimum atomic E-state index is -0.722. The Balaban J connectivity index is 1.88. The van der Waals surface area contributed by atoms with Gasteiger partial charge in [-0.1, -0.05) is 56.3 Å². The summed E-state index contributed by atoms with van der Waals surface area (Å²) in [7, 11) is 1.48. The van der Waals surface area contributed by atoms with E-state index >= 15 is 0 Å². The highest BCUT2D eigenvalue weighted by molar-refractivity contribution is 6.18. The molecule has 2 aromatic carbocycles. The number of alkyl halides is 1. The van der Waals surface area contributed by atoms with Crippen LogP contribution in [0.15, 0.2) is 73.3 Å². The van der Waals surface area contributed by atoms with E-state index in [2.05, 4.69) is 22.4 Å². The summed E-state index contributed by atoms with van der Waals surface area (Å²) in [5.74, 6) is 0.871. The monoisotopic (exact) mass is 457 g/mol. The summed E-state index contributed by atoms with van der Waals surface area (Å²) in [5, 5.41) is 2.54. The van der Waals surface area contributed by atoms with Gasteiger partial charge in [0.25, 0.3) is 0 Å². The molecule has 3 rings (SSSR count). The molecule has 7 nitrogen and oxygen atoms in total. The third kappa shape index (κ3) is 6.02. The molecule has 1 heterocycles. The van der Waals surface area contributed by atoms with Gasteiger partial charge in [-0.25, -0.2) is 9.78 Å². The quantitative estimate of drug-likeness (QED) is 0.339. The van der Waals surface area contributed by atoms with E-state index in [1.54, 1.807) is 23.3 Å². The Morgan fingerprint density at radius 3 is 2.41 bits per heavy atom. The molecule has 1 N–H and O–H groups in total. The number of carbonyl (C=O) groups excluding carboxylic acids is 1. The lowest BCUT2D eigenvalue weighted by Crippen LogP contribution is -2.46. The third-order valence-electron chi connectivity index (χ3n) is 5.01. The van der Waals surface area contributed by atoms with E-state index in [9.17, 15) is 4.79 Å². The molecule has 1 amide bonds. The number of aromatic nitrogens is 2. The highest BCUT2D eigenvalue weighted by atomic mass is 35.5. The second-order valence-electron chi connectivity index (χ2n) is 7.97. The zero-order valence-electron chi connectivity index (χ0n) is 18.4. The van der Waals surface area contributed by atoms with Crippen molar-refractivity contribution < 1.29 is 19.0 Å². The lowest BCUT2D eigenvalue weighted by Gasteiger charge is -2.37. The van der Waals surface area contributed by atoms with Crippen molar-refractivity contribution in [2.45, 2.75) is 26.2 Å². The van der Waals surface area contributed by atoms with E-state index in [1.807, 2.05) is 56.3 Å². The highest BCUT2D eigenvalue weighted by Crippen LogP contribution is 2.35. The van der Waals surface area contributed by atoms with E-state index in [-0.39, 0.29) is 12.6 Å². The van der Waals surface area contributed by atoms with Gasteiger partial charge in [0.05, 0.1) is 6.33 Å². The van der Waals surface area contributed by atoms with E-state index in [1.165, 1.54) is 7.11 Å². The number of rotatable bonds is 10. The summed E-state index contributed by atoms with van der Waals surface area (Å²) in [5.41, 5.74) is 1.58. The van der Waals surface area contributed by atoms with Crippen LogP contribution in [0.5, 0.6) is 5.75 Å². The van der Waals surface area contributed by atoms with Crippen molar-refractivity contribution >= 4 is 17.7 Å². The van der Waals surface area contributed by atoms with Gasteiger partial charge < -0.3 is 14.2 Å². The maximum Gasteiger partial charge on any atom is 0.409 e. The number of hydrogen-bond donors (Lipinski definition) is 1. The molecular weight excluding hydrogens is 430 g/mol. The first-order valence-corrected chi connectivity index (χ1v) is 10.8. The van der Waals surface area contributed by atoms with Crippen LogP contribution in [0.25, 0.3) is 11.1 Å². The van der Waals surface area contributed by atoms with Crippen molar-refractivity contribution in [3.05, 3.63) is 73.3 Å². The molecular formula is C24H28ClN3O4. The largest absolute Gasteiger partial charge is 0.466 e. The van der Waals surface area contributed by atoms with E-state index in [4.69, 9.17) is 25.8 Å². The van der Waals surface area contributed by atoms with Gasteiger partial charge in [0.15, 0.2) is 6.10 Å². The Morgan fingerprint density at radius 1 is 1.12 bits per heavy atom. The van der Waals surface area contributed by atoms with Gasteiger partial charge in [0.2, 0.25) is 6.23 Å². The van der Waals surface area contributed by atoms with Crippen LogP contribution < -0.4 is 10.1 Å². The Hall–Kier alpha value is -3.03. The van der Waals surface area contributed by atoms with Gasteiger partial charge in [-0.3, -0.25) is 9.88 Å². The van der Waals surface area contributed by atoms with Crippen LogP contribution in [0, 0.1) is 5.41 Å². The first kappa shape index (κ1) is 23.6. The summed E-state index contributed by atoms with van der Waals surface area (Å²) in [6.45, 7) is 3.87. The van der Waals surface area contributed by atoms with Gasteiger partial charge >= 0.3 is 6.09 Å². The third-order valence-corrected chi connectivity index (χ3v) is 5.69. The summed E-state index contributed by atoms with van der Waals surface area (Å²) >= 11 is 6.26. The Bertz CT molecular complexity index is 963. The van der Waals surface area contributed by atoms with Crippen molar-refractivity contribution in [3.63, 3.8) is 0 Å². The SMILES string of the molecule is COCNC(=O)OC(C(Oc1ccc(-c2ccccc2)cc1)n1ccnc1)C(C)(C)CCl. The Labute approximate surface area is 193 Å². The molecule has 0 radical (unpaired) electrons. The first-order chi connectivity index (χ1) is 15.4. The molecule has 8 heteroatoms. The topological polar surface area (TPSA) is 74.6 Å². The molecule has 3 aromatic rings. The summed E-state index contributed by atoms with van der Waals surface area (Å²) < 4.78 is 18.8. The maximum atomic E-state index is 12.4. The Morgan fingerprint density at radius 2 is 1.81 bits per heavy atom. The van der Waals surface area contributed by atoms with Crippen LogP contribution in [0.4, 0.5) is 4.79 Å². The van der Waals surface area contributed by atoms with Gasteiger partial charge in [0, 0.05) is 30.8 Å². The Kier molecular flexibility index (Phi) is 8.14. The molecule has 0 saturated carbocycles. The average Bonchev–Trinajstić information content (AvgIpc) is 3.35. The van der Waals surface area contributed by atoms with Crippen molar-refractivity contribution in [3.8, 4) is 16.9 Å². The second-order valence-corrected chi connectivity index (χ2v) is 8.23. The van der Waals surface area contributed by atoms with E-state index in [0.29, 0.717) is 5.75 Å². The van der Waals surface area contributed by atoms with Gasteiger partial charge in [0.1, 0.15) is 12.5 Å². The first-order valence-electron chi connectivity index (χ1n) is 10.2. The fourth-order valence-corrected chi connectivity index (χ4v) is 3.31. The minimum Gasteiger partial charge on any atom is -0.466 e. The second kappa shape index (κ2) is 11.0. The fraction of sp³-hybridized carbons (Fsp3) is 0.333. The molecule has 0 aliphatic carbocycles. The summed E-state index contributed by atoms with van der Waals surface area (Å²) in [4.78, 5) is 16.5. The number of amides is 1. The molecule has 0 bridgehead atoms. The van der Waals surface area contributed by atoms with Gasteiger partial charge in [-0.2, -0.15) is 0 Å². The lowest BCUT2D eigenvalue weighted by atomic mass is 9.87. The van der Waals surface area contributed by atoms with Crippen LogP contribution in [-0.2, 0) is 9.47 Å². The number of ether oxygens (including phenoxy) is 3. The van der Waals surface area contributed by atoms with Crippen LogP contribution in [-0.4, -0.2) is 41.5 Å². The van der Waals surface area contributed by atoms with Crippen LogP contribution >= 0.6 is 11.6 Å². The molecule has 2 atom stereocenters. The predicted octanol–water partition coefficient (Wildman–Crippen LogP) is 5.09. The molecule has 0 saturated heterocycles. The van der Waals surface area contributed by atoms with E-state index < -0.39 is 23.8 Å². The normalized spacial score (nSPS) is 13.2. The lowest BCUT2D eigenvalue weighted by molar-refractivity contribution is -0.0745. The number of halogens is 1. The molecule has 2 unspecified atom stereocenters. The number of benzene rings is 2. The zero-order chi connectivity index (χ0) is 23.0. The molecule has 0 spiro atoms. The molecule has 32 heavy (non-hydrogen) atoms. The van der Waals surface area contributed by atoms with Gasteiger partial charge in [-0.15, -0.1) is 11.6 Å². The van der Waals surface area contributed by atoms with Gasteiger partial charge in [-0.05, 0) is 23.3 Å². The number of nitrogens with zero attached hydrogens (tertiary/aromatic N) is 2. The number of carbonyl (C=O) groups is 1. The number of imidazole rings is 1. The maximum absolute atomic E-state index is 12.4. The number of methoxy groups -OCH3 is 1. The van der Waals surface area contributed by atoms with Crippen molar-refractivity contribution in [2.75, 3.05) is 19.7 Å². The van der Waals surface area contributed by atoms with Crippen molar-refractivity contribution in [2.24, 2.45) is 5.41 Å². The number of nitrogens with one attached hydrogen (secondary N) is 1.